The fourth-order valence-corrected chi connectivity index (χ4v) is 2.66. The van der Waals surface area contributed by atoms with Crippen molar-refractivity contribution in [1.82, 2.24) is 18.7 Å². The number of halogens is 1. The van der Waals surface area contributed by atoms with Crippen molar-refractivity contribution in [3.05, 3.63) is 61.3 Å². The van der Waals surface area contributed by atoms with Crippen molar-refractivity contribution in [3.8, 4) is 0 Å². The molecule has 1 N–H and O–H groups in total. The molecular formula is C14H13FN4O2S. The first-order chi connectivity index (χ1) is 10.4. The maximum Gasteiger partial charge on any atom is 0.332 e. The number of aryl methyl sites for hydroxylation is 1. The highest BCUT2D eigenvalue weighted by molar-refractivity contribution is 7.71. The maximum absolute atomic E-state index is 13.0. The summed E-state index contributed by atoms with van der Waals surface area (Å²) in [6, 6.07) is 5.95. The number of benzene rings is 1. The van der Waals surface area contributed by atoms with E-state index in [2.05, 4.69) is 4.98 Å². The molecule has 0 spiro atoms. The average Bonchev–Trinajstić information content (AvgIpc) is 2.82. The van der Waals surface area contributed by atoms with Crippen molar-refractivity contribution in [2.24, 2.45) is 14.1 Å². The van der Waals surface area contributed by atoms with Crippen LogP contribution in [0.2, 0.25) is 0 Å². The topological polar surface area (TPSA) is 64.7 Å². The van der Waals surface area contributed by atoms with Crippen LogP contribution in [0.5, 0.6) is 0 Å². The van der Waals surface area contributed by atoms with Crippen molar-refractivity contribution < 1.29 is 4.39 Å². The zero-order valence-corrected chi connectivity index (χ0v) is 12.8. The van der Waals surface area contributed by atoms with Crippen LogP contribution in [0.15, 0.2) is 33.9 Å². The average molecular weight is 320 g/mol. The minimum Gasteiger partial charge on any atom is -0.316 e. The minimum atomic E-state index is -0.428. The van der Waals surface area contributed by atoms with E-state index in [0.29, 0.717) is 22.5 Å². The SMILES string of the molecule is Cn1c(=O)c2c([nH]c(=S)n2Cc2ccc(F)cc2)n(C)c1=O. The summed E-state index contributed by atoms with van der Waals surface area (Å²) < 4.78 is 17.3. The number of aromatic nitrogens is 4. The molecule has 0 bridgehead atoms. The van der Waals surface area contributed by atoms with Gasteiger partial charge in [0.05, 0.1) is 6.54 Å². The van der Waals surface area contributed by atoms with Gasteiger partial charge >= 0.3 is 5.69 Å². The number of hydrogen-bond acceptors (Lipinski definition) is 3. The fourth-order valence-electron chi connectivity index (χ4n) is 2.41. The normalized spacial score (nSPS) is 11.2. The van der Waals surface area contributed by atoms with Crippen molar-refractivity contribution in [3.63, 3.8) is 0 Å². The van der Waals surface area contributed by atoms with Crippen molar-refractivity contribution in [2.75, 3.05) is 0 Å². The van der Waals surface area contributed by atoms with Crippen molar-refractivity contribution in [2.45, 2.75) is 6.54 Å². The summed E-state index contributed by atoms with van der Waals surface area (Å²) in [6.07, 6.45) is 0. The number of hydrogen-bond donors (Lipinski definition) is 1. The Hall–Kier alpha value is -2.48. The van der Waals surface area contributed by atoms with Crippen LogP contribution in [0.25, 0.3) is 11.2 Å². The van der Waals surface area contributed by atoms with Crippen LogP contribution < -0.4 is 11.2 Å². The van der Waals surface area contributed by atoms with E-state index < -0.39 is 11.2 Å². The molecule has 0 atom stereocenters. The lowest BCUT2D eigenvalue weighted by atomic mass is 10.2. The highest BCUT2D eigenvalue weighted by Crippen LogP contribution is 2.12. The Morgan fingerprint density at radius 3 is 2.41 bits per heavy atom. The third kappa shape index (κ3) is 2.12. The Morgan fingerprint density at radius 1 is 1.14 bits per heavy atom. The van der Waals surface area contributed by atoms with Gasteiger partial charge in [-0.05, 0) is 29.9 Å². The van der Waals surface area contributed by atoms with Crippen LogP contribution in [-0.2, 0) is 20.6 Å². The predicted octanol–water partition coefficient (Wildman–Crippen LogP) is 1.28. The first-order valence-corrected chi connectivity index (χ1v) is 6.94. The predicted molar refractivity (Wildman–Crippen MR) is 83.1 cm³/mol. The lowest BCUT2D eigenvalue weighted by Gasteiger charge is -2.07. The molecule has 0 amide bonds. The Bertz CT molecular complexity index is 1040. The Labute approximate surface area is 129 Å². The van der Waals surface area contributed by atoms with E-state index in [1.165, 1.54) is 23.7 Å². The summed E-state index contributed by atoms with van der Waals surface area (Å²) in [7, 11) is 2.99. The van der Waals surface area contributed by atoms with E-state index in [4.69, 9.17) is 12.2 Å². The van der Waals surface area contributed by atoms with E-state index in [0.717, 1.165) is 10.1 Å². The van der Waals surface area contributed by atoms with Gasteiger partial charge < -0.3 is 9.55 Å². The smallest absolute Gasteiger partial charge is 0.316 e. The second-order valence-corrected chi connectivity index (χ2v) is 5.43. The number of imidazole rings is 1. The maximum atomic E-state index is 13.0. The summed E-state index contributed by atoms with van der Waals surface area (Å²) in [6.45, 7) is 0.312. The second kappa shape index (κ2) is 5.06. The number of rotatable bonds is 2. The van der Waals surface area contributed by atoms with Crippen LogP contribution in [0.1, 0.15) is 5.56 Å². The molecule has 0 saturated carbocycles. The minimum absolute atomic E-state index is 0.312. The summed E-state index contributed by atoms with van der Waals surface area (Å²) in [5.41, 5.74) is 0.642. The monoisotopic (exact) mass is 320 g/mol. The van der Waals surface area contributed by atoms with Crippen LogP contribution >= 0.6 is 12.2 Å². The summed E-state index contributed by atoms with van der Waals surface area (Å²) in [5.74, 6) is -0.329. The molecule has 3 rings (SSSR count). The number of nitrogens with one attached hydrogen (secondary N) is 1. The highest BCUT2D eigenvalue weighted by atomic mass is 32.1. The van der Waals surface area contributed by atoms with Gasteiger partial charge in [-0.25, -0.2) is 9.18 Å². The zero-order chi connectivity index (χ0) is 16.0. The van der Waals surface area contributed by atoms with Crippen molar-refractivity contribution in [1.29, 1.82) is 0 Å². The summed E-state index contributed by atoms with van der Waals surface area (Å²) in [5, 5.41) is 0. The molecule has 0 aliphatic carbocycles. The van der Waals surface area contributed by atoms with Gasteiger partial charge in [0, 0.05) is 14.1 Å². The largest absolute Gasteiger partial charge is 0.332 e. The second-order valence-electron chi connectivity index (χ2n) is 5.05. The quantitative estimate of drug-likeness (QED) is 0.724. The van der Waals surface area contributed by atoms with Crippen LogP contribution in [0, 0.1) is 10.6 Å². The lowest BCUT2D eigenvalue weighted by molar-refractivity contribution is 0.626. The first-order valence-electron chi connectivity index (χ1n) is 6.53. The molecule has 22 heavy (non-hydrogen) atoms. The van der Waals surface area contributed by atoms with Gasteiger partial charge in [0.15, 0.2) is 10.3 Å². The molecule has 0 aliphatic rings. The van der Waals surface area contributed by atoms with Crippen LogP contribution in [-0.4, -0.2) is 18.7 Å². The standard InChI is InChI=1S/C14H13FN4O2S/c1-17-11-10(12(20)18(2)14(17)21)19(13(22)16-11)7-8-3-5-9(15)6-4-8/h3-6H,7H2,1-2H3,(H,16,22). The molecule has 6 nitrogen and oxygen atoms in total. The van der Waals surface area contributed by atoms with E-state index in [-0.39, 0.29) is 5.82 Å². The number of nitrogens with zero attached hydrogens (tertiary/aromatic N) is 3. The number of fused-ring (bicyclic) bond motifs is 1. The lowest BCUT2D eigenvalue weighted by Crippen LogP contribution is -2.37. The molecule has 0 aliphatic heterocycles. The Balaban J connectivity index is 2.29. The summed E-state index contributed by atoms with van der Waals surface area (Å²) in [4.78, 5) is 27.2. The Morgan fingerprint density at radius 2 is 1.77 bits per heavy atom. The van der Waals surface area contributed by atoms with Gasteiger partial charge in [-0.15, -0.1) is 0 Å². The molecule has 0 fully saturated rings. The fraction of sp³-hybridized carbons (Fsp3) is 0.214. The molecule has 0 saturated heterocycles. The molecule has 114 valence electrons. The number of H-pyrrole nitrogens is 1. The first kappa shape index (κ1) is 14.5. The molecule has 2 heterocycles. The molecule has 8 heteroatoms. The summed E-state index contributed by atoms with van der Waals surface area (Å²) >= 11 is 5.25. The van der Waals surface area contributed by atoms with Gasteiger partial charge in [-0.3, -0.25) is 13.9 Å². The van der Waals surface area contributed by atoms with Crippen LogP contribution in [0.3, 0.4) is 0 Å². The van der Waals surface area contributed by atoms with Gasteiger partial charge in [0.25, 0.3) is 5.56 Å². The van der Waals surface area contributed by atoms with Crippen LogP contribution in [0.4, 0.5) is 4.39 Å². The van der Waals surface area contributed by atoms with Gasteiger partial charge in [-0.1, -0.05) is 12.1 Å². The van der Waals surface area contributed by atoms with Gasteiger partial charge in [0.2, 0.25) is 0 Å². The van der Waals surface area contributed by atoms with Gasteiger partial charge in [0.1, 0.15) is 11.5 Å². The number of aromatic amines is 1. The van der Waals surface area contributed by atoms with E-state index in [9.17, 15) is 14.0 Å². The molecular weight excluding hydrogens is 307 g/mol. The molecule has 0 radical (unpaired) electrons. The third-order valence-corrected chi connectivity index (χ3v) is 3.96. The molecule has 3 aromatic rings. The van der Waals surface area contributed by atoms with E-state index in [1.807, 2.05) is 0 Å². The molecule has 1 aromatic carbocycles. The zero-order valence-electron chi connectivity index (χ0n) is 12.0. The molecule has 2 aromatic heterocycles. The third-order valence-electron chi connectivity index (χ3n) is 3.64. The molecule has 0 unspecified atom stereocenters. The highest BCUT2D eigenvalue weighted by Gasteiger charge is 2.15. The van der Waals surface area contributed by atoms with E-state index >= 15 is 0 Å². The van der Waals surface area contributed by atoms with Crippen molar-refractivity contribution >= 4 is 23.4 Å². The Kier molecular flexibility index (Phi) is 3.32. The van der Waals surface area contributed by atoms with E-state index in [1.54, 1.807) is 23.7 Å². The van der Waals surface area contributed by atoms with Gasteiger partial charge in [-0.2, -0.15) is 0 Å².